The van der Waals surface area contributed by atoms with Crippen molar-refractivity contribution >= 4 is 21.6 Å². The van der Waals surface area contributed by atoms with Crippen molar-refractivity contribution in [2.75, 3.05) is 20.3 Å². The highest BCUT2D eigenvalue weighted by atomic mass is 79.9. The normalized spacial score (nSPS) is 24.4. The van der Waals surface area contributed by atoms with Crippen LogP contribution in [0.1, 0.15) is 6.42 Å². The number of nitrogens with zero attached hydrogens (tertiary/aromatic N) is 1. The van der Waals surface area contributed by atoms with Crippen molar-refractivity contribution in [2.24, 2.45) is 0 Å². The summed E-state index contributed by atoms with van der Waals surface area (Å²) in [5.41, 5.74) is -0.259. The van der Waals surface area contributed by atoms with Gasteiger partial charge in [-0.15, -0.1) is 0 Å². The molecule has 1 aliphatic carbocycles. The maximum absolute atomic E-state index is 13.2. The van der Waals surface area contributed by atoms with Crippen LogP contribution in [0.25, 0.3) is 0 Å². The van der Waals surface area contributed by atoms with Gasteiger partial charge in [0.1, 0.15) is 18.0 Å². The van der Waals surface area contributed by atoms with Crippen LogP contribution in [0, 0.1) is 15.9 Å². The number of rotatable bonds is 7. The number of hydrogen-bond acceptors (Lipinski definition) is 5. The lowest BCUT2D eigenvalue weighted by Gasteiger charge is -2.40. The van der Waals surface area contributed by atoms with Gasteiger partial charge in [0.05, 0.1) is 18.1 Å². The summed E-state index contributed by atoms with van der Waals surface area (Å²) in [5.74, 6) is -0.660. The molecule has 0 heterocycles. The molecule has 116 valence electrons. The minimum atomic E-state index is -0.597. The average molecular weight is 364 g/mol. The third kappa shape index (κ3) is 3.90. The highest BCUT2D eigenvalue weighted by molar-refractivity contribution is 9.09. The number of nitro benzene ring substituents is 1. The summed E-state index contributed by atoms with van der Waals surface area (Å²) in [4.78, 5) is 10.4. The van der Waals surface area contributed by atoms with E-state index >= 15 is 0 Å². The first-order valence-corrected chi connectivity index (χ1v) is 7.29. The molecule has 2 rings (SSSR count). The van der Waals surface area contributed by atoms with Crippen LogP contribution in [0.4, 0.5) is 10.1 Å². The predicted octanol–water partition coefficient (Wildman–Crippen LogP) is 2.68. The van der Waals surface area contributed by atoms with Gasteiger partial charge < -0.3 is 14.2 Å². The zero-order chi connectivity index (χ0) is 15.4. The maximum Gasteiger partial charge on any atom is 0.311 e. The summed E-state index contributed by atoms with van der Waals surface area (Å²) in [6, 6.07) is 3.15. The lowest BCUT2D eigenvalue weighted by Crippen LogP contribution is -2.52. The number of alkyl halides is 1. The molecule has 0 saturated heterocycles. The molecule has 1 aliphatic rings. The van der Waals surface area contributed by atoms with Gasteiger partial charge in [0.25, 0.3) is 0 Å². The molecule has 0 aliphatic heterocycles. The molecule has 1 aromatic rings. The van der Waals surface area contributed by atoms with Gasteiger partial charge in [-0.3, -0.25) is 10.1 Å². The van der Waals surface area contributed by atoms with E-state index < -0.39 is 10.7 Å². The lowest BCUT2D eigenvalue weighted by atomic mass is 9.91. The van der Waals surface area contributed by atoms with Crippen molar-refractivity contribution in [1.82, 2.24) is 0 Å². The topological polar surface area (TPSA) is 70.8 Å². The quantitative estimate of drug-likeness (QED) is 0.322. The second-order valence-corrected chi connectivity index (χ2v) is 5.78. The molecule has 0 radical (unpaired) electrons. The van der Waals surface area contributed by atoms with E-state index in [1.165, 1.54) is 0 Å². The zero-order valence-electron chi connectivity index (χ0n) is 11.3. The molecule has 8 heteroatoms. The molecule has 1 saturated carbocycles. The standard InChI is InChI=1S/C13H15BrFNO5/c1-19-4-5-20-13-9(14)7-12(13)21-11-6-8(15)2-3-10(11)16(17)18/h2-3,6,9,12-13H,4-5,7H2,1H3. The smallest absolute Gasteiger partial charge is 0.311 e. The van der Waals surface area contributed by atoms with Gasteiger partial charge in [-0.25, -0.2) is 4.39 Å². The van der Waals surface area contributed by atoms with Crippen molar-refractivity contribution in [1.29, 1.82) is 0 Å². The summed E-state index contributed by atoms with van der Waals surface area (Å²) in [7, 11) is 1.57. The summed E-state index contributed by atoms with van der Waals surface area (Å²) in [6.07, 6.45) is 0.0282. The maximum atomic E-state index is 13.2. The number of benzene rings is 1. The fourth-order valence-electron chi connectivity index (χ4n) is 2.02. The Bertz CT molecular complexity index is 515. The van der Waals surface area contributed by atoms with Crippen LogP contribution in [0.3, 0.4) is 0 Å². The Balaban J connectivity index is 2.04. The van der Waals surface area contributed by atoms with Crippen LogP contribution >= 0.6 is 15.9 Å². The van der Waals surface area contributed by atoms with Crippen LogP contribution in [0.15, 0.2) is 18.2 Å². The highest BCUT2D eigenvalue weighted by Gasteiger charge is 2.43. The molecular weight excluding hydrogens is 349 g/mol. The predicted molar refractivity (Wildman–Crippen MR) is 76.4 cm³/mol. The Morgan fingerprint density at radius 2 is 2.24 bits per heavy atom. The molecule has 0 amide bonds. The molecule has 0 aromatic heterocycles. The Labute approximate surface area is 129 Å². The monoisotopic (exact) mass is 363 g/mol. The highest BCUT2D eigenvalue weighted by Crippen LogP contribution is 2.37. The average Bonchev–Trinajstić information content (AvgIpc) is 2.43. The molecule has 6 nitrogen and oxygen atoms in total. The van der Waals surface area contributed by atoms with Gasteiger partial charge >= 0.3 is 5.69 Å². The van der Waals surface area contributed by atoms with Crippen molar-refractivity contribution in [2.45, 2.75) is 23.5 Å². The Kier molecular flexibility index (Phi) is 5.49. The molecule has 1 fully saturated rings. The lowest BCUT2D eigenvalue weighted by molar-refractivity contribution is -0.386. The van der Waals surface area contributed by atoms with Gasteiger partial charge in [0.2, 0.25) is 0 Å². The SMILES string of the molecule is COCCOC1C(Br)CC1Oc1cc(F)ccc1[N+](=O)[O-]. The van der Waals surface area contributed by atoms with Crippen molar-refractivity contribution in [3.8, 4) is 5.75 Å². The van der Waals surface area contributed by atoms with Gasteiger partial charge in [-0.2, -0.15) is 0 Å². The Hall–Kier alpha value is -1.25. The van der Waals surface area contributed by atoms with E-state index in [1.807, 2.05) is 0 Å². The molecule has 0 spiro atoms. The van der Waals surface area contributed by atoms with Crippen molar-refractivity contribution < 1.29 is 23.5 Å². The molecule has 3 atom stereocenters. The number of methoxy groups -OCH3 is 1. The number of hydrogen-bond donors (Lipinski definition) is 0. The second kappa shape index (κ2) is 7.15. The molecule has 3 unspecified atom stereocenters. The minimum Gasteiger partial charge on any atom is -0.481 e. The van der Waals surface area contributed by atoms with E-state index in [1.54, 1.807) is 7.11 Å². The summed E-state index contributed by atoms with van der Waals surface area (Å²) in [5, 5.41) is 10.9. The Morgan fingerprint density at radius 3 is 2.86 bits per heavy atom. The second-order valence-electron chi connectivity index (χ2n) is 4.61. The fraction of sp³-hybridized carbons (Fsp3) is 0.538. The van der Waals surface area contributed by atoms with Crippen molar-refractivity contribution in [3.63, 3.8) is 0 Å². The molecule has 0 bridgehead atoms. The number of ether oxygens (including phenoxy) is 3. The van der Waals surface area contributed by atoms with E-state index in [-0.39, 0.29) is 28.5 Å². The zero-order valence-corrected chi connectivity index (χ0v) is 12.9. The Morgan fingerprint density at radius 1 is 1.48 bits per heavy atom. The van der Waals surface area contributed by atoms with E-state index in [4.69, 9.17) is 14.2 Å². The minimum absolute atomic E-state index is 0.0789. The van der Waals surface area contributed by atoms with Gasteiger partial charge in [-0.1, -0.05) is 15.9 Å². The third-order valence-electron chi connectivity index (χ3n) is 3.18. The number of halogens is 2. The van der Waals surface area contributed by atoms with Crippen LogP contribution in [0.2, 0.25) is 0 Å². The fourth-order valence-corrected chi connectivity index (χ4v) is 2.88. The van der Waals surface area contributed by atoms with Crippen LogP contribution in [-0.4, -0.2) is 42.3 Å². The molecule has 1 aromatic carbocycles. The first-order chi connectivity index (χ1) is 10.0. The van der Waals surface area contributed by atoms with Gasteiger partial charge in [0, 0.05) is 30.5 Å². The first kappa shape index (κ1) is 16.1. The summed E-state index contributed by atoms with van der Waals surface area (Å²) >= 11 is 3.44. The van der Waals surface area contributed by atoms with Crippen LogP contribution in [0.5, 0.6) is 5.75 Å². The first-order valence-electron chi connectivity index (χ1n) is 6.38. The van der Waals surface area contributed by atoms with Crippen molar-refractivity contribution in [3.05, 3.63) is 34.1 Å². The number of nitro groups is 1. The largest absolute Gasteiger partial charge is 0.481 e. The van der Waals surface area contributed by atoms with Crippen LogP contribution < -0.4 is 4.74 Å². The van der Waals surface area contributed by atoms with E-state index in [2.05, 4.69) is 15.9 Å². The van der Waals surface area contributed by atoms with Crippen LogP contribution in [-0.2, 0) is 9.47 Å². The third-order valence-corrected chi connectivity index (χ3v) is 4.07. The van der Waals surface area contributed by atoms with Gasteiger partial charge in [0.15, 0.2) is 5.75 Å². The summed E-state index contributed by atoms with van der Waals surface area (Å²) in [6.45, 7) is 0.845. The van der Waals surface area contributed by atoms with E-state index in [0.29, 0.717) is 19.6 Å². The van der Waals surface area contributed by atoms with E-state index in [0.717, 1.165) is 18.2 Å². The molecule has 21 heavy (non-hydrogen) atoms. The van der Waals surface area contributed by atoms with E-state index in [9.17, 15) is 14.5 Å². The van der Waals surface area contributed by atoms with Gasteiger partial charge in [-0.05, 0) is 6.07 Å². The molecule has 0 N–H and O–H groups in total. The molecular formula is C13H15BrFNO5. The summed E-state index contributed by atoms with van der Waals surface area (Å²) < 4.78 is 29.3.